The summed E-state index contributed by atoms with van der Waals surface area (Å²) in [6.07, 6.45) is 8.83. The van der Waals surface area contributed by atoms with E-state index in [1.165, 1.54) is 12.0 Å². The summed E-state index contributed by atoms with van der Waals surface area (Å²) in [5.41, 5.74) is 1.49. The summed E-state index contributed by atoms with van der Waals surface area (Å²) in [5, 5.41) is 0. The third kappa shape index (κ3) is 5.61. The van der Waals surface area contributed by atoms with Crippen molar-refractivity contribution in [3.63, 3.8) is 0 Å². The molecule has 0 rings (SSSR count). The SMILES string of the molecule is C[C]CCC=C(C)CC. The zero-order chi connectivity index (χ0) is 7.11. The van der Waals surface area contributed by atoms with Crippen LogP contribution in [0.3, 0.4) is 0 Å². The Hall–Kier alpha value is -0.260. The van der Waals surface area contributed by atoms with Crippen LogP contribution in [0, 0.1) is 6.42 Å². The van der Waals surface area contributed by atoms with Crippen LogP contribution in [0.4, 0.5) is 0 Å². The second-order valence-electron chi connectivity index (χ2n) is 2.30. The smallest absolute Gasteiger partial charge is 0.0204 e. The van der Waals surface area contributed by atoms with Crippen molar-refractivity contribution in [2.24, 2.45) is 0 Å². The Morgan fingerprint density at radius 3 is 2.67 bits per heavy atom. The Labute approximate surface area is 59.0 Å². The van der Waals surface area contributed by atoms with Gasteiger partial charge in [-0.05, 0) is 32.6 Å². The van der Waals surface area contributed by atoms with Crippen LogP contribution in [0.15, 0.2) is 11.6 Å². The molecule has 0 atom stereocenters. The van der Waals surface area contributed by atoms with Gasteiger partial charge >= 0.3 is 0 Å². The number of rotatable bonds is 4. The Morgan fingerprint density at radius 2 is 2.22 bits per heavy atom. The van der Waals surface area contributed by atoms with Crippen LogP contribution < -0.4 is 0 Å². The van der Waals surface area contributed by atoms with Crippen LogP contribution in [0.1, 0.15) is 40.0 Å². The normalized spacial score (nSPS) is 12.1. The van der Waals surface area contributed by atoms with E-state index in [4.69, 9.17) is 0 Å². The van der Waals surface area contributed by atoms with Crippen molar-refractivity contribution < 1.29 is 0 Å². The van der Waals surface area contributed by atoms with E-state index in [2.05, 4.69) is 26.3 Å². The minimum absolute atomic E-state index is 1.09. The maximum Gasteiger partial charge on any atom is -0.0204 e. The summed E-state index contributed by atoms with van der Waals surface area (Å²) >= 11 is 0. The molecule has 9 heavy (non-hydrogen) atoms. The van der Waals surface area contributed by atoms with Crippen LogP contribution in [-0.4, -0.2) is 0 Å². The summed E-state index contributed by atoms with van der Waals surface area (Å²) in [6, 6.07) is 0. The molecule has 0 N–H and O–H groups in total. The summed E-state index contributed by atoms with van der Waals surface area (Å²) in [7, 11) is 0. The van der Waals surface area contributed by atoms with Gasteiger partial charge < -0.3 is 0 Å². The Kier molecular flexibility index (Phi) is 5.70. The van der Waals surface area contributed by atoms with E-state index in [1.807, 2.05) is 6.92 Å². The van der Waals surface area contributed by atoms with Gasteiger partial charge in [0, 0.05) is 0 Å². The molecule has 0 bridgehead atoms. The largest absolute Gasteiger partial charge is 0.0856 e. The van der Waals surface area contributed by atoms with Crippen LogP contribution in [0.5, 0.6) is 0 Å². The van der Waals surface area contributed by atoms with Crippen molar-refractivity contribution in [3.8, 4) is 0 Å². The number of hydrogen-bond donors (Lipinski definition) is 0. The van der Waals surface area contributed by atoms with Gasteiger partial charge in [0.25, 0.3) is 0 Å². The highest BCUT2D eigenvalue weighted by atomic mass is 13.9. The van der Waals surface area contributed by atoms with Crippen LogP contribution in [0.2, 0.25) is 0 Å². The quantitative estimate of drug-likeness (QED) is 0.398. The van der Waals surface area contributed by atoms with Gasteiger partial charge in [-0.15, -0.1) is 0 Å². The standard InChI is InChI=1S/C9H16/c1-4-6-7-8-9(3)5-2/h8H,5-7H2,1-3H3. The van der Waals surface area contributed by atoms with E-state index < -0.39 is 0 Å². The molecular weight excluding hydrogens is 108 g/mol. The van der Waals surface area contributed by atoms with Gasteiger partial charge in [-0.25, -0.2) is 0 Å². The van der Waals surface area contributed by atoms with E-state index in [1.54, 1.807) is 0 Å². The second kappa shape index (κ2) is 5.87. The van der Waals surface area contributed by atoms with Crippen LogP contribution >= 0.6 is 0 Å². The van der Waals surface area contributed by atoms with Crippen molar-refractivity contribution in [1.82, 2.24) is 0 Å². The van der Waals surface area contributed by atoms with Gasteiger partial charge in [-0.2, -0.15) is 0 Å². The van der Waals surface area contributed by atoms with E-state index in [9.17, 15) is 0 Å². The zero-order valence-electron chi connectivity index (χ0n) is 6.70. The molecule has 0 nitrogen and oxygen atoms in total. The third-order valence-corrected chi connectivity index (χ3v) is 1.44. The van der Waals surface area contributed by atoms with Gasteiger partial charge in [0.15, 0.2) is 0 Å². The molecule has 0 heterocycles. The Morgan fingerprint density at radius 1 is 1.56 bits per heavy atom. The van der Waals surface area contributed by atoms with E-state index in [0.717, 1.165) is 12.8 Å². The van der Waals surface area contributed by atoms with Gasteiger partial charge in [0.05, 0.1) is 0 Å². The third-order valence-electron chi connectivity index (χ3n) is 1.44. The number of unbranched alkanes of at least 4 members (excludes halogenated alkanes) is 2. The fourth-order valence-corrected chi connectivity index (χ4v) is 0.607. The fraction of sp³-hybridized carbons (Fsp3) is 0.667. The minimum atomic E-state index is 1.09. The van der Waals surface area contributed by atoms with Gasteiger partial charge in [0.2, 0.25) is 0 Å². The van der Waals surface area contributed by atoms with E-state index in [0.29, 0.717) is 0 Å². The molecular formula is C9H16. The molecule has 0 saturated heterocycles. The first-order chi connectivity index (χ1) is 4.31. The lowest BCUT2D eigenvalue weighted by Gasteiger charge is -1.92. The fourth-order valence-electron chi connectivity index (χ4n) is 0.607. The molecule has 0 aliphatic rings. The molecule has 0 fully saturated rings. The summed E-state index contributed by atoms with van der Waals surface area (Å²) in [4.78, 5) is 0. The van der Waals surface area contributed by atoms with Crippen molar-refractivity contribution >= 4 is 0 Å². The molecule has 52 valence electrons. The predicted octanol–water partition coefficient (Wildman–Crippen LogP) is 3.22. The van der Waals surface area contributed by atoms with Crippen molar-refractivity contribution in [2.75, 3.05) is 0 Å². The molecule has 0 aromatic rings. The van der Waals surface area contributed by atoms with Gasteiger partial charge in [-0.3, -0.25) is 0 Å². The number of allylic oxidation sites excluding steroid dienone is 2. The summed E-state index contributed by atoms with van der Waals surface area (Å²) < 4.78 is 0. The molecule has 0 amide bonds. The summed E-state index contributed by atoms with van der Waals surface area (Å²) in [6.45, 7) is 6.34. The van der Waals surface area contributed by atoms with Crippen molar-refractivity contribution in [3.05, 3.63) is 18.1 Å². The first kappa shape index (κ1) is 8.74. The summed E-state index contributed by atoms with van der Waals surface area (Å²) in [5.74, 6) is 0. The molecule has 0 saturated carbocycles. The monoisotopic (exact) mass is 124 g/mol. The Bertz CT molecular complexity index is 80.0. The number of hydrogen-bond acceptors (Lipinski definition) is 0. The lowest BCUT2D eigenvalue weighted by Crippen LogP contribution is -1.73. The Balaban J connectivity index is 3.21. The minimum Gasteiger partial charge on any atom is -0.0856 e. The topological polar surface area (TPSA) is 0 Å². The van der Waals surface area contributed by atoms with Gasteiger partial charge in [0.1, 0.15) is 0 Å². The highest BCUT2D eigenvalue weighted by Crippen LogP contribution is 2.02. The molecule has 0 aromatic heterocycles. The lowest BCUT2D eigenvalue weighted by molar-refractivity contribution is 0.946. The maximum absolute atomic E-state index is 3.10. The van der Waals surface area contributed by atoms with Crippen LogP contribution in [0.25, 0.3) is 0 Å². The van der Waals surface area contributed by atoms with E-state index >= 15 is 0 Å². The van der Waals surface area contributed by atoms with E-state index in [-0.39, 0.29) is 0 Å². The molecule has 0 aromatic carbocycles. The molecule has 0 spiro atoms. The molecule has 0 unspecified atom stereocenters. The highest BCUT2D eigenvalue weighted by molar-refractivity contribution is 4.96. The molecule has 2 radical (unpaired) electrons. The first-order valence-corrected chi connectivity index (χ1v) is 3.61. The predicted molar refractivity (Wildman–Crippen MR) is 42.2 cm³/mol. The zero-order valence-corrected chi connectivity index (χ0v) is 6.70. The van der Waals surface area contributed by atoms with Crippen molar-refractivity contribution in [2.45, 2.75) is 40.0 Å². The average molecular weight is 124 g/mol. The van der Waals surface area contributed by atoms with Crippen LogP contribution in [-0.2, 0) is 0 Å². The van der Waals surface area contributed by atoms with Gasteiger partial charge in [-0.1, -0.05) is 25.5 Å². The van der Waals surface area contributed by atoms with Crippen molar-refractivity contribution in [1.29, 1.82) is 0 Å². The second-order valence-corrected chi connectivity index (χ2v) is 2.30. The lowest BCUT2D eigenvalue weighted by atomic mass is 10.1. The first-order valence-electron chi connectivity index (χ1n) is 3.61. The molecule has 0 aliphatic heterocycles. The molecule has 0 heteroatoms. The highest BCUT2D eigenvalue weighted by Gasteiger charge is 1.82. The maximum atomic E-state index is 3.10. The average Bonchev–Trinajstić information content (AvgIpc) is 1.89. The molecule has 0 aliphatic carbocycles.